The number of hydrogen-bond acceptors (Lipinski definition) is 2. The summed E-state index contributed by atoms with van der Waals surface area (Å²) in [6.45, 7) is 4.94. The van der Waals surface area contributed by atoms with Crippen LogP contribution in [0.15, 0.2) is 29.6 Å². The van der Waals surface area contributed by atoms with Gasteiger partial charge in [-0.3, -0.25) is 0 Å². The fourth-order valence-electron chi connectivity index (χ4n) is 1.96. The smallest absolute Gasteiger partial charge is 0.161 e. The molecule has 1 aromatic carbocycles. The van der Waals surface area contributed by atoms with Gasteiger partial charge in [-0.15, -0.1) is 11.3 Å². The minimum atomic E-state index is -1.16. The molecule has 1 nitrogen and oxygen atoms in total. The van der Waals surface area contributed by atoms with E-state index in [2.05, 4.69) is 19.2 Å². The summed E-state index contributed by atoms with van der Waals surface area (Å²) in [7, 11) is 0. The average Bonchev–Trinajstić information content (AvgIpc) is 2.90. The molecule has 0 spiro atoms. The lowest BCUT2D eigenvalue weighted by Crippen LogP contribution is -2.32. The first-order chi connectivity index (χ1) is 9.40. The molecule has 2 aromatic rings. The van der Waals surface area contributed by atoms with Crippen LogP contribution in [0.3, 0.4) is 0 Å². The van der Waals surface area contributed by atoms with Crippen LogP contribution < -0.4 is 5.32 Å². The third kappa shape index (κ3) is 3.41. The Morgan fingerprint density at radius 1 is 1.10 bits per heavy atom. The number of nitrogens with one attached hydrogen (secondary N) is 1. The van der Waals surface area contributed by atoms with Crippen LogP contribution in [0.4, 0.5) is 13.2 Å². The molecule has 0 saturated heterocycles. The summed E-state index contributed by atoms with van der Waals surface area (Å²) in [4.78, 5) is 1.22. The number of benzene rings is 1. The molecule has 1 aromatic heterocycles. The summed E-state index contributed by atoms with van der Waals surface area (Å²) in [5.74, 6) is -2.92. The van der Waals surface area contributed by atoms with Gasteiger partial charge in [0.15, 0.2) is 11.6 Å². The fourth-order valence-corrected chi connectivity index (χ4v) is 2.81. The number of rotatable bonds is 5. The highest BCUT2D eigenvalue weighted by Gasteiger charge is 2.21. The first-order valence-electron chi connectivity index (χ1n) is 6.28. The largest absolute Gasteiger partial charge is 0.312 e. The van der Waals surface area contributed by atoms with Crippen molar-refractivity contribution >= 4 is 11.3 Å². The molecule has 0 unspecified atom stereocenters. The Morgan fingerprint density at radius 2 is 1.80 bits per heavy atom. The molecule has 0 fully saturated rings. The minimum Gasteiger partial charge on any atom is -0.312 e. The summed E-state index contributed by atoms with van der Waals surface area (Å²) in [5.41, 5.74) is 0.0364. The molecule has 108 valence electrons. The lowest BCUT2D eigenvalue weighted by molar-refractivity contribution is 0.461. The highest BCUT2D eigenvalue weighted by molar-refractivity contribution is 7.10. The predicted molar refractivity (Wildman–Crippen MR) is 75.4 cm³/mol. The van der Waals surface area contributed by atoms with Crippen LogP contribution in [0.1, 0.15) is 24.3 Å². The van der Waals surface area contributed by atoms with Gasteiger partial charge in [-0.05, 0) is 17.5 Å². The molecule has 0 radical (unpaired) electrons. The Kier molecular flexibility index (Phi) is 4.50. The zero-order valence-electron chi connectivity index (χ0n) is 11.3. The van der Waals surface area contributed by atoms with E-state index in [0.29, 0.717) is 12.6 Å². The second-order valence-electron chi connectivity index (χ2n) is 5.32. The number of hydrogen-bond donors (Lipinski definition) is 1. The van der Waals surface area contributed by atoms with Gasteiger partial charge in [0.05, 0.1) is 0 Å². The molecule has 0 saturated carbocycles. The Balaban J connectivity index is 1.98. The molecule has 1 N–H and O–H groups in total. The second-order valence-corrected chi connectivity index (χ2v) is 6.27. The summed E-state index contributed by atoms with van der Waals surface area (Å²) in [6, 6.07) is 5.51. The Morgan fingerprint density at radius 3 is 2.45 bits per heavy atom. The maximum absolute atomic E-state index is 13.5. The van der Waals surface area contributed by atoms with Crippen molar-refractivity contribution < 1.29 is 13.2 Å². The van der Waals surface area contributed by atoms with Crippen LogP contribution in [-0.2, 0) is 12.0 Å². The molecule has 0 amide bonds. The van der Waals surface area contributed by atoms with Crippen LogP contribution in [-0.4, -0.2) is 6.54 Å². The van der Waals surface area contributed by atoms with E-state index in [1.807, 2.05) is 17.5 Å². The minimum absolute atomic E-state index is 0.0940. The average molecular weight is 299 g/mol. The first kappa shape index (κ1) is 15.1. The zero-order valence-corrected chi connectivity index (χ0v) is 12.2. The molecule has 2 rings (SSSR count). The Hall–Kier alpha value is -1.33. The molecular formula is C15H16F3NS. The first-order valence-corrected chi connectivity index (χ1v) is 7.16. The van der Waals surface area contributed by atoms with Crippen LogP contribution in [0.25, 0.3) is 0 Å². The standard InChI is InChI=1S/C15H16F3NS/c1-15(2,14-4-3-5-20-14)9-19-8-10-6-12(17)13(18)7-11(10)16/h3-7,19H,8-9H2,1-2H3. The van der Waals surface area contributed by atoms with Crippen molar-refractivity contribution in [2.75, 3.05) is 6.54 Å². The van der Waals surface area contributed by atoms with Crippen molar-refractivity contribution in [2.45, 2.75) is 25.8 Å². The van der Waals surface area contributed by atoms with E-state index in [1.165, 1.54) is 4.88 Å². The van der Waals surface area contributed by atoms with Crippen molar-refractivity contribution in [1.82, 2.24) is 5.32 Å². The topological polar surface area (TPSA) is 12.0 Å². The van der Waals surface area contributed by atoms with Crippen LogP contribution in [0.5, 0.6) is 0 Å². The Bertz CT molecular complexity index is 579. The van der Waals surface area contributed by atoms with E-state index in [0.717, 1.165) is 6.07 Å². The van der Waals surface area contributed by atoms with Crippen LogP contribution in [0.2, 0.25) is 0 Å². The van der Waals surface area contributed by atoms with Crippen LogP contribution in [0, 0.1) is 17.5 Å². The van der Waals surface area contributed by atoms with Crippen molar-refractivity contribution in [3.63, 3.8) is 0 Å². The third-order valence-corrected chi connectivity index (χ3v) is 4.40. The van der Waals surface area contributed by atoms with Crippen molar-refractivity contribution in [1.29, 1.82) is 0 Å². The van der Waals surface area contributed by atoms with Crippen molar-refractivity contribution in [2.24, 2.45) is 0 Å². The summed E-state index contributed by atoms with van der Waals surface area (Å²) in [6.07, 6.45) is 0. The van der Waals surface area contributed by atoms with E-state index in [1.54, 1.807) is 11.3 Å². The fraction of sp³-hybridized carbons (Fsp3) is 0.333. The van der Waals surface area contributed by atoms with Crippen molar-refractivity contribution in [3.8, 4) is 0 Å². The second kappa shape index (κ2) is 5.97. The normalized spacial score (nSPS) is 11.8. The van der Waals surface area contributed by atoms with E-state index in [-0.39, 0.29) is 17.5 Å². The van der Waals surface area contributed by atoms with Gasteiger partial charge in [0.25, 0.3) is 0 Å². The third-order valence-electron chi connectivity index (χ3n) is 3.16. The summed E-state index contributed by atoms with van der Waals surface area (Å²) >= 11 is 1.66. The van der Waals surface area contributed by atoms with Gasteiger partial charge in [0.1, 0.15) is 5.82 Å². The lowest BCUT2D eigenvalue weighted by atomic mass is 9.91. The molecule has 0 bridgehead atoms. The van der Waals surface area contributed by atoms with Crippen LogP contribution >= 0.6 is 11.3 Å². The predicted octanol–water partition coefficient (Wildman–Crippen LogP) is 4.23. The Labute approximate surface area is 120 Å². The summed E-state index contributed by atoms with van der Waals surface area (Å²) < 4.78 is 39.4. The number of halogens is 3. The molecule has 1 heterocycles. The molecular weight excluding hydrogens is 283 g/mol. The van der Waals surface area contributed by atoms with E-state index in [4.69, 9.17) is 0 Å². The lowest BCUT2D eigenvalue weighted by Gasteiger charge is -2.23. The SMILES string of the molecule is CC(C)(CNCc1cc(F)c(F)cc1F)c1cccs1. The molecule has 5 heteroatoms. The monoisotopic (exact) mass is 299 g/mol. The maximum Gasteiger partial charge on any atom is 0.161 e. The highest BCUT2D eigenvalue weighted by Crippen LogP contribution is 2.26. The van der Waals surface area contributed by atoms with Gasteiger partial charge in [-0.2, -0.15) is 0 Å². The molecule has 0 aliphatic rings. The van der Waals surface area contributed by atoms with Crippen molar-refractivity contribution in [3.05, 3.63) is 57.5 Å². The van der Waals surface area contributed by atoms with E-state index < -0.39 is 17.5 Å². The van der Waals surface area contributed by atoms with Gasteiger partial charge in [-0.25, -0.2) is 13.2 Å². The van der Waals surface area contributed by atoms with Gasteiger partial charge >= 0.3 is 0 Å². The highest BCUT2D eigenvalue weighted by atomic mass is 32.1. The molecule has 20 heavy (non-hydrogen) atoms. The van der Waals surface area contributed by atoms with Gasteiger partial charge < -0.3 is 5.32 Å². The molecule has 0 aliphatic carbocycles. The molecule has 0 atom stereocenters. The van der Waals surface area contributed by atoms with Gasteiger partial charge in [0.2, 0.25) is 0 Å². The zero-order chi connectivity index (χ0) is 14.8. The van der Waals surface area contributed by atoms with Gasteiger partial charge in [0, 0.05) is 35.0 Å². The quantitative estimate of drug-likeness (QED) is 0.815. The van der Waals surface area contributed by atoms with E-state index in [9.17, 15) is 13.2 Å². The summed E-state index contributed by atoms with van der Waals surface area (Å²) in [5, 5.41) is 5.10. The maximum atomic E-state index is 13.5. The molecule has 0 aliphatic heterocycles. The van der Waals surface area contributed by atoms with Gasteiger partial charge in [-0.1, -0.05) is 19.9 Å². The van der Waals surface area contributed by atoms with E-state index >= 15 is 0 Å². The number of thiophene rings is 1.